The van der Waals surface area contributed by atoms with Crippen LogP contribution >= 0.6 is 0 Å². The minimum absolute atomic E-state index is 0.225. The van der Waals surface area contributed by atoms with E-state index >= 15 is 0 Å². The molecule has 0 aromatic heterocycles. The average Bonchev–Trinajstić information content (AvgIpc) is 2.39. The Hall–Kier alpha value is -1.19. The van der Waals surface area contributed by atoms with E-state index in [1.165, 1.54) is 0 Å². The number of Topliss-reactive ketones (excluding diaryl/α,β-unsaturated/α-hetero) is 1. The number of aryl methyl sites for hydroxylation is 1. The van der Waals surface area contributed by atoms with Crippen molar-refractivity contribution in [2.45, 2.75) is 26.3 Å². The van der Waals surface area contributed by atoms with E-state index in [1.54, 1.807) is 0 Å². The van der Waals surface area contributed by atoms with Crippen molar-refractivity contribution in [1.82, 2.24) is 10.2 Å². The Morgan fingerprint density at radius 3 is 2.44 bits per heavy atom. The molecule has 0 unspecified atom stereocenters. The van der Waals surface area contributed by atoms with Crippen LogP contribution in [-0.2, 0) is 0 Å². The number of ketones is 1. The summed E-state index contributed by atoms with van der Waals surface area (Å²) in [6.07, 6.45) is 0. The van der Waals surface area contributed by atoms with Crippen LogP contribution in [0.15, 0.2) is 24.3 Å². The van der Waals surface area contributed by atoms with E-state index in [9.17, 15) is 4.79 Å². The Balaban J connectivity index is 2.24. The molecule has 98 valence electrons. The van der Waals surface area contributed by atoms with E-state index in [-0.39, 0.29) is 5.78 Å². The standard InChI is InChI=1S/C15H22N2O/c1-12-6-4-5-7-13(12)14(18)15(2,3)17-10-8-16-9-11-17/h4-7,16H,8-11H2,1-3H3. The van der Waals surface area contributed by atoms with Gasteiger partial charge in [0.25, 0.3) is 0 Å². The molecular formula is C15H22N2O. The van der Waals surface area contributed by atoms with Crippen molar-refractivity contribution in [3.8, 4) is 0 Å². The highest BCUT2D eigenvalue weighted by molar-refractivity contribution is 6.03. The van der Waals surface area contributed by atoms with E-state index in [0.717, 1.165) is 37.3 Å². The Labute approximate surface area is 109 Å². The van der Waals surface area contributed by atoms with Crippen LogP contribution < -0.4 is 5.32 Å². The van der Waals surface area contributed by atoms with Crippen molar-refractivity contribution in [1.29, 1.82) is 0 Å². The minimum atomic E-state index is -0.422. The van der Waals surface area contributed by atoms with Crippen molar-refractivity contribution in [3.63, 3.8) is 0 Å². The van der Waals surface area contributed by atoms with Crippen LogP contribution in [0.1, 0.15) is 29.8 Å². The molecule has 1 heterocycles. The molecule has 0 amide bonds. The van der Waals surface area contributed by atoms with Gasteiger partial charge in [0.15, 0.2) is 5.78 Å². The third kappa shape index (κ3) is 2.47. The number of carbonyl (C=O) groups excluding carboxylic acids is 1. The van der Waals surface area contributed by atoms with Gasteiger partial charge < -0.3 is 5.32 Å². The van der Waals surface area contributed by atoms with Gasteiger partial charge in [-0.2, -0.15) is 0 Å². The molecule has 1 saturated heterocycles. The van der Waals surface area contributed by atoms with Crippen LogP contribution in [0, 0.1) is 6.92 Å². The number of rotatable bonds is 3. The Morgan fingerprint density at radius 2 is 1.83 bits per heavy atom. The van der Waals surface area contributed by atoms with E-state index in [0.29, 0.717) is 0 Å². The highest BCUT2D eigenvalue weighted by atomic mass is 16.1. The van der Waals surface area contributed by atoms with Crippen molar-refractivity contribution in [2.24, 2.45) is 0 Å². The number of hydrogen-bond acceptors (Lipinski definition) is 3. The summed E-state index contributed by atoms with van der Waals surface area (Å²) in [7, 11) is 0. The second kappa shape index (κ2) is 5.21. The van der Waals surface area contributed by atoms with Crippen LogP contribution in [0.4, 0.5) is 0 Å². The minimum Gasteiger partial charge on any atom is -0.314 e. The third-order valence-electron chi connectivity index (χ3n) is 3.85. The van der Waals surface area contributed by atoms with Gasteiger partial charge in [0.2, 0.25) is 0 Å². The van der Waals surface area contributed by atoms with Crippen molar-refractivity contribution in [2.75, 3.05) is 26.2 Å². The average molecular weight is 246 g/mol. The predicted molar refractivity (Wildman–Crippen MR) is 74.0 cm³/mol. The first kappa shape index (κ1) is 13.2. The van der Waals surface area contributed by atoms with Gasteiger partial charge in [-0.1, -0.05) is 24.3 Å². The number of piperazine rings is 1. The van der Waals surface area contributed by atoms with E-state index in [2.05, 4.69) is 10.2 Å². The highest BCUT2D eigenvalue weighted by Crippen LogP contribution is 2.22. The summed E-state index contributed by atoms with van der Waals surface area (Å²) < 4.78 is 0. The van der Waals surface area contributed by atoms with Gasteiger partial charge in [0.1, 0.15) is 0 Å². The molecule has 0 spiro atoms. The van der Waals surface area contributed by atoms with Crippen molar-refractivity contribution in [3.05, 3.63) is 35.4 Å². The zero-order valence-corrected chi connectivity index (χ0v) is 11.5. The second-order valence-corrected chi connectivity index (χ2v) is 5.44. The predicted octanol–water partition coefficient (Wildman–Crippen LogP) is 1.86. The second-order valence-electron chi connectivity index (χ2n) is 5.44. The van der Waals surface area contributed by atoms with Crippen LogP contribution in [0.3, 0.4) is 0 Å². The maximum absolute atomic E-state index is 12.7. The largest absolute Gasteiger partial charge is 0.314 e. The maximum atomic E-state index is 12.7. The van der Waals surface area contributed by atoms with Crippen LogP contribution in [0.25, 0.3) is 0 Å². The lowest BCUT2D eigenvalue weighted by molar-refractivity contribution is 0.0602. The van der Waals surface area contributed by atoms with Crippen LogP contribution in [0.2, 0.25) is 0 Å². The molecule has 3 heteroatoms. The summed E-state index contributed by atoms with van der Waals surface area (Å²) in [6, 6.07) is 7.85. The van der Waals surface area contributed by atoms with E-state index < -0.39 is 5.54 Å². The molecule has 0 aliphatic carbocycles. The molecule has 1 fully saturated rings. The summed E-state index contributed by atoms with van der Waals surface area (Å²) in [5.41, 5.74) is 1.49. The van der Waals surface area contributed by atoms with Gasteiger partial charge in [-0.3, -0.25) is 9.69 Å². The molecule has 3 nitrogen and oxygen atoms in total. The zero-order chi connectivity index (χ0) is 13.2. The zero-order valence-electron chi connectivity index (χ0n) is 11.5. The van der Waals surface area contributed by atoms with Crippen LogP contribution in [0.5, 0.6) is 0 Å². The molecular weight excluding hydrogens is 224 g/mol. The highest BCUT2D eigenvalue weighted by Gasteiger charge is 2.35. The first-order valence-corrected chi connectivity index (χ1v) is 6.59. The fourth-order valence-electron chi connectivity index (χ4n) is 2.52. The fraction of sp³-hybridized carbons (Fsp3) is 0.533. The molecule has 1 aliphatic heterocycles. The summed E-state index contributed by atoms with van der Waals surface area (Å²) in [5, 5.41) is 3.32. The summed E-state index contributed by atoms with van der Waals surface area (Å²) >= 11 is 0. The topological polar surface area (TPSA) is 32.3 Å². The first-order chi connectivity index (χ1) is 8.53. The number of carbonyl (C=O) groups is 1. The fourth-order valence-corrected chi connectivity index (χ4v) is 2.52. The summed E-state index contributed by atoms with van der Waals surface area (Å²) in [6.45, 7) is 9.87. The number of hydrogen-bond donors (Lipinski definition) is 1. The van der Waals surface area contributed by atoms with Gasteiger partial charge >= 0.3 is 0 Å². The maximum Gasteiger partial charge on any atom is 0.182 e. The molecule has 18 heavy (non-hydrogen) atoms. The van der Waals surface area contributed by atoms with Gasteiger partial charge in [0.05, 0.1) is 5.54 Å². The lowest BCUT2D eigenvalue weighted by Gasteiger charge is -2.40. The lowest BCUT2D eigenvalue weighted by atomic mass is 9.88. The van der Waals surface area contributed by atoms with E-state index in [4.69, 9.17) is 0 Å². The molecule has 1 aromatic rings. The smallest absolute Gasteiger partial charge is 0.182 e. The molecule has 0 saturated carbocycles. The van der Waals surface area contributed by atoms with Crippen molar-refractivity contribution < 1.29 is 4.79 Å². The number of nitrogens with one attached hydrogen (secondary N) is 1. The lowest BCUT2D eigenvalue weighted by Crippen LogP contribution is -2.57. The molecule has 0 radical (unpaired) electrons. The quantitative estimate of drug-likeness (QED) is 0.826. The molecule has 0 atom stereocenters. The Morgan fingerprint density at radius 1 is 1.22 bits per heavy atom. The first-order valence-electron chi connectivity index (χ1n) is 6.59. The van der Waals surface area contributed by atoms with Crippen LogP contribution in [-0.4, -0.2) is 42.4 Å². The van der Waals surface area contributed by atoms with Gasteiger partial charge in [-0.25, -0.2) is 0 Å². The molecule has 2 rings (SSSR count). The Bertz CT molecular complexity index is 434. The normalized spacial score (nSPS) is 17.7. The van der Waals surface area contributed by atoms with Gasteiger partial charge in [0, 0.05) is 31.7 Å². The van der Waals surface area contributed by atoms with Gasteiger partial charge in [-0.05, 0) is 26.3 Å². The number of nitrogens with zero attached hydrogens (tertiary/aromatic N) is 1. The SMILES string of the molecule is Cc1ccccc1C(=O)C(C)(C)N1CCNCC1. The summed E-state index contributed by atoms with van der Waals surface area (Å²) in [5.74, 6) is 0.225. The monoisotopic (exact) mass is 246 g/mol. The molecule has 0 bridgehead atoms. The molecule has 1 aromatic carbocycles. The van der Waals surface area contributed by atoms with Gasteiger partial charge in [-0.15, -0.1) is 0 Å². The third-order valence-corrected chi connectivity index (χ3v) is 3.85. The molecule has 1 aliphatic rings. The summed E-state index contributed by atoms with van der Waals surface area (Å²) in [4.78, 5) is 15.0. The molecule has 1 N–H and O–H groups in total. The number of benzene rings is 1. The Kier molecular flexibility index (Phi) is 3.83. The van der Waals surface area contributed by atoms with E-state index in [1.807, 2.05) is 45.0 Å². The van der Waals surface area contributed by atoms with Crippen molar-refractivity contribution >= 4 is 5.78 Å².